The van der Waals surface area contributed by atoms with Crippen molar-refractivity contribution in [3.63, 3.8) is 0 Å². The van der Waals surface area contributed by atoms with Gasteiger partial charge in [0.25, 0.3) is 0 Å². The van der Waals surface area contributed by atoms with Gasteiger partial charge in [-0.2, -0.15) is 10.4 Å². The van der Waals surface area contributed by atoms with E-state index < -0.39 is 0 Å². The van der Waals surface area contributed by atoms with Crippen LogP contribution in [0.3, 0.4) is 0 Å². The normalized spacial score (nSPS) is 17.1. The van der Waals surface area contributed by atoms with Gasteiger partial charge in [0.1, 0.15) is 0 Å². The molecule has 2 heterocycles. The molecule has 1 aliphatic heterocycles. The lowest BCUT2D eigenvalue weighted by Crippen LogP contribution is -2.25. The molecule has 0 saturated carbocycles. The summed E-state index contributed by atoms with van der Waals surface area (Å²) in [6.07, 6.45) is 2.79. The second kappa shape index (κ2) is 6.13. The van der Waals surface area contributed by atoms with Gasteiger partial charge < -0.3 is 10.2 Å². The molecule has 118 valence electrons. The van der Waals surface area contributed by atoms with E-state index in [1.54, 1.807) is 9.58 Å². The quantitative estimate of drug-likeness (QED) is 0.882. The molecule has 1 N–H and O–H groups in total. The summed E-state index contributed by atoms with van der Waals surface area (Å²) in [5.74, 6) is 0.320. The fourth-order valence-corrected chi connectivity index (χ4v) is 2.90. The minimum absolute atomic E-state index is 0.0726. The maximum Gasteiger partial charge on any atom is 0.230 e. The van der Waals surface area contributed by atoms with Crippen LogP contribution in [0.4, 0.5) is 5.82 Å². The molecule has 1 atom stereocenters. The zero-order chi connectivity index (χ0) is 16.4. The van der Waals surface area contributed by atoms with Gasteiger partial charge in [0.2, 0.25) is 5.91 Å². The van der Waals surface area contributed by atoms with Crippen molar-refractivity contribution in [3.8, 4) is 17.5 Å². The zero-order valence-corrected chi connectivity index (χ0v) is 13.3. The molecule has 6 nitrogen and oxygen atoms in total. The SMILES string of the molecule is Cc1cccc(-c2cc(NC(=O)[C@H]3CCN(C#N)C3)nn2C)c1. The highest BCUT2D eigenvalue weighted by Crippen LogP contribution is 2.24. The topological polar surface area (TPSA) is 74.0 Å². The van der Waals surface area contributed by atoms with Gasteiger partial charge in [-0.1, -0.05) is 23.8 Å². The lowest BCUT2D eigenvalue weighted by atomic mass is 10.1. The average molecular weight is 309 g/mol. The lowest BCUT2D eigenvalue weighted by Gasteiger charge is -2.08. The van der Waals surface area contributed by atoms with Gasteiger partial charge >= 0.3 is 0 Å². The second-order valence-electron chi connectivity index (χ2n) is 5.93. The first kappa shape index (κ1) is 15.1. The van der Waals surface area contributed by atoms with Crippen molar-refractivity contribution in [2.75, 3.05) is 18.4 Å². The summed E-state index contributed by atoms with van der Waals surface area (Å²) in [7, 11) is 1.86. The molecule has 6 heteroatoms. The minimum Gasteiger partial charge on any atom is -0.310 e. The van der Waals surface area contributed by atoms with Crippen molar-refractivity contribution in [2.24, 2.45) is 13.0 Å². The number of rotatable bonds is 3. The van der Waals surface area contributed by atoms with Crippen molar-refractivity contribution in [1.82, 2.24) is 14.7 Å². The van der Waals surface area contributed by atoms with Crippen molar-refractivity contribution in [2.45, 2.75) is 13.3 Å². The molecular formula is C17H19N5O. The van der Waals surface area contributed by atoms with Crippen LogP contribution in [0.1, 0.15) is 12.0 Å². The Morgan fingerprint density at radius 2 is 2.26 bits per heavy atom. The van der Waals surface area contributed by atoms with Crippen LogP contribution in [0.2, 0.25) is 0 Å². The third kappa shape index (κ3) is 3.19. The zero-order valence-electron chi connectivity index (χ0n) is 13.3. The summed E-state index contributed by atoms with van der Waals surface area (Å²) in [4.78, 5) is 13.9. The second-order valence-corrected chi connectivity index (χ2v) is 5.93. The van der Waals surface area contributed by atoms with Crippen molar-refractivity contribution >= 4 is 11.7 Å². The summed E-state index contributed by atoms with van der Waals surface area (Å²) < 4.78 is 1.76. The predicted octanol–water partition coefficient (Wildman–Crippen LogP) is 2.14. The highest BCUT2D eigenvalue weighted by atomic mass is 16.2. The van der Waals surface area contributed by atoms with Gasteiger partial charge in [0, 0.05) is 31.8 Å². The number of carbonyl (C=O) groups is 1. The van der Waals surface area contributed by atoms with Crippen LogP contribution in [-0.2, 0) is 11.8 Å². The molecule has 1 fully saturated rings. The van der Waals surface area contributed by atoms with E-state index in [1.807, 2.05) is 38.2 Å². The fourth-order valence-electron chi connectivity index (χ4n) is 2.90. The summed E-state index contributed by atoms with van der Waals surface area (Å²) >= 11 is 0. The molecule has 1 aromatic carbocycles. The number of benzene rings is 1. The highest BCUT2D eigenvalue weighted by molar-refractivity contribution is 5.92. The van der Waals surface area contributed by atoms with Gasteiger partial charge in [-0.3, -0.25) is 9.48 Å². The van der Waals surface area contributed by atoms with Crippen molar-refractivity contribution in [3.05, 3.63) is 35.9 Å². The molecule has 0 unspecified atom stereocenters. The van der Waals surface area contributed by atoms with Crippen LogP contribution in [0.5, 0.6) is 0 Å². The van der Waals surface area contributed by atoms with E-state index in [1.165, 1.54) is 5.56 Å². The Balaban J connectivity index is 1.74. The first-order chi connectivity index (χ1) is 11.1. The Hall–Kier alpha value is -2.81. The van der Waals surface area contributed by atoms with Crippen LogP contribution in [0.25, 0.3) is 11.3 Å². The first-order valence-corrected chi connectivity index (χ1v) is 7.63. The maximum absolute atomic E-state index is 12.3. The molecule has 2 aromatic rings. The number of nitrogens with zero attached hydrogens (tertiary/aromatic N) is 4. The molecule has 1 aliphatic rings. The number of hydrogen-bond donors (Lipinski definition) is 1. The van der Waals surface area contributed by atoms with Gasteiger partial charge in [-0.15, -0.1) is 0 Å². The molecule has 3 rings (SSSR count). The van der Waals surface area contributed by atoms with Crippen molar-refractivity contribution < 1.29 is 4.79 Å². The summed E-state index contributed by atoms with van der Waals surface area (Å²) in [5, 5.41) is 16.1. The molecule has 0 spiro atoms. The van der Waals surface area contributed by atoms with E-state index in [-0.39, 0.29) is 11.8 Å². The number of aryl methyl sites for hydroxylation is 2. The number of anilines is 1. The third-order valence-corrected chi connectivity index (χ3v) is 4.15. The van der Waals surface area contributed by atoms with E-state index in [9.17, 15) is 4.79 Å². The predicted molar refractivity (Wildman–Crippen MR) is 87.3 cm³/mol. The van der Waals surface area contributed by atoms with E-state index in [0.717, 1.165) is 11.3 Å². The number of carbonyl (C=O) groups excluding carboxylic acids is 1. The third-order valence-electron chi connectivity index (χ3n) is 4.15. The van der Waals surface area contributed by atoms with Gasteiger partial charge in [0.05, 0.1) is 11.6 Å². The molecule has 0 bridgehead atoms. The Morgan fingerprint density at radius 3 is 2.96 bits per heavy atom. The fraction of sp³-hybridized carbons (Fsp3) is 0.353. The molecule has 0 radical (unpaired) electrons. The lowest BCUT2D eigenvalue weighted by molar-refractivity contribution is -0.119. The number of likely N-dealkylation sites (tertiary alicyclic amines) is 1. The number of hydrogen-bond acceptors (Lipinski definition) is 4. The largest absolute Gasteiger partial charge is 0.310 e. The van der Waals surface area contributed by atoms with Gasteiger partial charge in [-0.05, 0) is 19.4 Å². The van der Waals surface area contributed by atoms with E-state index in [0.29, 0.717) is 25.3 Å². The number of aromatic nitrogens is 2. The summed E-state index contributed by atoms with van der Waals surface area (Å²) in [6, 6.07) is 10.0. The molecule has 1 aromatic heterocycles. The molecule has 1 saturated heterocycles. The minimum atomic E-state index is -0.154. The Kier molecular flexibility index (Phi) is 4.02. The monoisotopic (exact) mass is 309 g/mol. The highest BCUT2D eigenvalue weighted by Gasteiger charge is 2.28. The van der Waals surface area contributed by atoms with Crippen LogP contribution in [0.15, 0.2) is 30.3 Å². The van der Waals surface area contributed by atoms with Crippen LogP contribution in [-0.4, -0.2) is 33.7 Å². The van der Waals surface area contributed by atoms with Gasteiger partial charge in [-0.25, -0.2) is 0 Å². The molecule has 0 aliphatic carbocycles. The Morgan fingerprint density at radius 1 is 1.43 bits per heavy atom. The summed E-state index contributed by atoms with van der Waals surface area (Å²) in [6.45, 7) is 3.18. The number of nitriles is 1. The molecule has 23 heavy (non-hydrogen) atoms. The van der Waals surface area contributed by atoms with E-state index in [4.69, 9.17) is 5.26 Å². The van der Waals surface area contributed by atoms with E-state index in [2.05, 4.69) is 22.7 Å². The Labute approximate surface area is 135 Å². The summed E-state index contributed by atoms with van der Waals surface area (Å²) in [5.41, 5.74) is 3.20. The van der Waals surface area contributed by atoms with Crippen LogP contribution >= 0.6 is 0 Å². The number of amides is 1. The van der Waals surface area contributed by atoms with Crippen LogP contribution in [0, 0.1) is 24.3 Å². The smallest absolute Gasteiger partial charge is 0.230 e. The molecular weight excluding hydrogens is 290 g/mol. The maximum atomic E-state index is 12.3. The van der Waals surface area contributed by atoms with Crippen LogP contribution < -0.4 is 5.32 Å². The Bertz CT molecular complexity index is 774. The van der Waals surface area contributed by atoms with E-state index >= 15 is 0 Å². The number of nitrogens with one attached hydrogen (secondary N) is 1. The standard InChI is InChI=1S/C17H19N5O/c1-12-4-3-5-13(8-12)15-9-16(20-21(15)2)19-17(23)14-6-7-22(10-14)11-18/h3-5,8-9,14H,6-7,10H2,1-2H3,(H,19,20,23)/t14-/m0/s1. The van der Waals surface area contributed by atoms with Crippen molar-refractivity contribution in [1.29, 1.82) is 5.26 Å². The first-order valence-electron chi connectivity index (χ1n) is 7.63. The average Bonchev–Trinajstić information content (AvgIpc) is 3.14. The molecule has 1 amide bonds. The van der Waals surface area contributed by atoms with Gasteiger partial charge in [0.15, 0.2) is 12.0 Å².